The summed E-state index contributed by atoms with van der Waals surface area (Å²) in [6.07, 6.45) is 5.26. The van der Waals surface area contributed by atoms with Crippen molar-refractivity contribution in [2.75, 3.05) is 13.1 Å². The van der Waals surface area contributed by atoms with Gasteiger partial charge in [-0.15, -0.1) is 0 Å². The van der Waals surface area contributed by atoms with Gasteiger partial charge in [0.05, 0.1) is 0 Å². The normalized spacial score (nSPS) is 25.6. The number of carbonyl (C=O) groups excluding carboxylic acids is 1. The van der Waals surface area contributed by atoms with Crippen LogP contribution in [0.25, 0.3) is 0 Å². The Morgan fingerprint density at radius 3 is 2.65 bits per heavy atom. The lowest BCUT2D eigenvalue weighted by atomic mass is 9.86. The summed E-state index contributed by atoms with van der Waals surface area (Å²) in [6, 6.07) is 9.38. The average molecular weight is 229 g/mol. The van der Waals surface area contributed by atoms with Crippen molar-refractivity contribution in [3.8, 4) is 0 Å². The van der Waals surface area contributed by atoms with Gasteiger partial charge in [-0.1, -0.05) is 24.3 Å². The maximum absolute atomic E-state index is 11.3. The van der Waals surface area contributed by atoms with Crippen molar-refractivity contribution in [1.29, 1.82) is 0 Å². The van der Waals surface area contributed by atoms with Gasteiger partial charge in [-0.3, -0.25) is 9.69 Å². The van der Waals surface area contributed by atoms with E-state index in [-0.39, 0.29) is 0 Å². The second kappa shape index (κ2) is 4.61. The van der Waals surface area contributed by atoms with Crippen molar-refractivity contribution in [2.24, 2.45) is 0 Å². The molecule has 0 N–H and O–H groups in total. The van der Waals surface area contributed by atoms with Crippen LogP contribution in [0.5, 0.6) is 0 Å². The molecule has 1 fully saturated rings. The molecule has 0 bridgehead atoms. The van der Waals surface area contributed by atoms with Crippen molar-refractivity contribution < 1.29 is 4.79 Å². The van der Waals surface area contributed by atoms with E-state index in [9.17, 15) is 4.79 Å². The van der Waals surface area contributed by atoms with Crippen molar-refractivity contribution >= 4 is 5.78 Å². The number of rotatable bonds is 1. The van der Waals surface area contributed by atoms with Crippen LogP contribution in [-0.4, -0.2) is 23.8 Å². The summed E-state index contributed by atoms with van der Waals surface area (Å²) in [5, 5.41) is 0. The van der Waals surface area contributed by atoms with Crippen molar-refractivity contribution in [2.45, 2.75) is 38.1 Å². The molecule has 0 saturated carbocycles. The van der Waals surface area contributed by atoms with E-state index in [2.05, 4.69) is 29.2 Å². The van der Waals surface area contributed by atoms with Crippen LogP contribution in [0, 0.1) is 0 Å². The molecule has 1 aromatic carbocycles. The number of hydrogen-bond acceptors (Lipinski definition) is 2. The second-order valence-corrected chi connectivity index (χ2v) is 5.18. The molecule has 1 saturated heterocycles. The lowest BCUT2D eigenvalue weighted by molar-refractivity contribution is -0.122. The fraction of sp³-hybridized carbons (Fsp3) is 0.533. The molecular formula is C15H19NO. The highest BCUT2D eigenvalue weighted by molar-refractivity contribution is 5.79. The standard InChI is InChI=1S/C15H19NO/c17-13-8-10-16(11-9-13)15-7-3-5-12-4-1-2-6-14(12)15/h1-2,4,6,15H,3,5,7-11H2. The average Bonchev–Trinajstić information content (AvgIpc) is 2.39. The van der Waals surface area contributed by atoms with Crippen molar-refractivity contribution in [3.63, 3.8) is 0 Å². The number of piperidine rings is 1. The zero-order valence-electron chi connectivity index (χ0n) is 10.2. The zero-order chi connectivity index (χ0) is 11.7. The Balaban J connectivity index is 1.83. The summed E-state index contributed by atoms with van der Waals surface area (Å²) in [6.45, 7) is 1.91. The number of hydrogen-bond donors (Lipinski definition) is 0. The third-order valence-electron chi connectivity index (χ3n) is 4.13. The Morgan fingerprint density at radius 1 is 1.06 bits per heavy atom. The monoisotopic (exact) mass is 229 g/mol. The first-order chi connectivity index (χ1) is 8.34. The molecule has 0 amide bonds. The third kappa shape index (κ3) is 2.14. The number of carbonyl (C=O) groups is 1. The Kier molecular flexibility index (Phi) is 2.98. The summed E-state index contributed by atoms with van der Waals surface area (Å²) in [4.78, 5) is 13.8. The first-order valence-electron chi connectivity index (χ1n) is 6.68. The number of fused-ring (bicyclic) bond motifs is 1. The van der Waals surface area contributed by atoms with E-state index >= 15 is 0 Å². The summed E-state index contributed by atoms with van der Waals surface area (Å²) < 4.78 is 0. The molecular weight excluding hydrogens is 210 g/mol. The quantitative estimate of drug-likeness (QED) is 0.738. The minimum Gasteiger partial charge on any atom is -0.300 e. The number of Topliss-reactive ketones (excluding diaryl/α,β-unsaturated/α-hetero) is 1. The van der Waals surface area contributed by atoms with Gasteiger partial charge in [0, 0.05) is 32.0 Å². The molecule has 2 aliphatic rings. The van der Waals surface area contributed by atoms with E-state index in [1.807, 2.05) is 0 Å². The van der Waals surface area contributed by atoms with E-state index in [0.717, 1.165) is 25.9 Å². The Morgan fingerprint density at radius 2 is 1.82 bits per heavy atom. The first kappa shape index (κ1) is 11.0. The predicted octanol–water partition coefficient (Wildman–Crippen LogP) is 2.73. The number of benzene rings is 1. The van der Waals surface area contributed by atoms with Crippen LogP contribution >= 0.6 is 0 Å². The largest absolute Gasteiger partial charge is 0.300 e. The van der Waals surface area contributed by atoms with Gasteiger partial charge in [0.15, 0.2) is 0 Å². The van der Waals surface area contributed by atoms with Gasteiger partial charge in [0.25, 0.3) is 0 Å². The molecule has 0 radical (unpaired) electrons. The highest BCUT2D eigenvalue weighted by atomic mass is 16.1. The van der Waals surface area contributed by atoms with Crippen LogP contribution in [0.2, 0.25) is 0 Å². The number of nitrogens with zero attached hydrogens (tertiary/aromatic N) is 1. The number of aryl methyl sites for hydroxylation is 1. The maximum Gasteiger partial charge on any atom is 0.135 e. The van der Waals surface area contributed by atoms with Crippen LogP contribution < -0.4 is 0 Å². The van der Waals surface area contributed by atoms with E-state index < -0.39 is 0 Å². The zero-order valence-corrected chi connectivity index (χ0v) is 10.2. The second-order valence-electron chi connectivity index (χ2n) is 5.18. The van der Waals surface area contributed by atoms with Gasteiger partial charge in [0.1, 0.15) is 5.78 Å². The Labute approximate surface area is 103 Å². The number of likely N-dealkylation sites (tertiary alicyclic amines) is 1. The molecule has 90 valence electrons. The molecule has 1 unspecified atom stereocenters. The van der Waals surface area contributed by atoms with Gasteiger partial charge >= 0.3 is 0 Å². The first-order valence-corrected chi connectivity index (χ1v) is 6.68. The van der Waals surface area contributed by atoms with Crippen molar-refractivity contribution in [3.05, 3.63) is 35.4 Å². The topological polar surface area (TPSA) is 20.3 Å². The molecule has 2 heteroatoms. The van der Waals surface area contributed by atoms with Gasteiger partial charge in [0.2, 0.25) is 0 Å². The summed E-state index contributed by atoms with van der Waals surface area (Å²) >= 11 is 0. The maximum atomic E-state index is 11.3. The molecule has 17 heavy (non-hydrogen) atoms. The molecule has 1 atom stereocenters. The molecule has 3 rings (SSSR count). The molecule has 1 aliphatic carbocycles. The smallest absolute Gasteiger partial charge is 0.135 e. The van der Waals surface area contributed by atoms with E-state index in [4.69, 9.17) is 0 Å². The van der Waals surface area contributed by atoms with Crippen LogP contribution in [0.15, 0.2) is 24.3 Å². The summed E-state index contributed by atoms with van der Waals surface area (Å²) in [5.74, 6) is 0.436. The summed E-state index contributed by atoms with van der Waals surface area (Å²) in [5.41, 5.74) is 3.02. The van der Waals surface area contributed by atoms with Crippen LogP contribution in [-0.2, 0) is 11.2 Å². The summed E-state index contributed by atoms with van der Waals surface area (Å²) in [7, 11) is 0. The minimum atomic E-state index is 0.436. The Hall–Kier alpha value is -1.15. The van der Waals surface area contributed by atoms with Gasteiger partial charge in [-0.25, -0.2) is 0 Å². The highest BCUT2D eigenvalue weighted by Crippen LogP contribution is 2.35. The lowest BCUT2D eigenvalue weighted by Gasteiger charge is -2.37. The van der Waals surface area contributed by atoms with Crippen molar-refractivity contribution in [1.82, 2.24) is 4.90 Å². The van der Waals surface area contributed by atoms with E-state index in [1.54, 1.807) is 0 Å². The van der Waals surface area contributed by atoms with E-state index in [1.165, 1.54) is 30.4 Å². The minimum absolute atomic E-state index is 0.436. The predicted molar refractivity (Wildman–Crippen MR) is 67.9 cm³/mol. The molecule has 0 aromatic heterocycles. The number of ketones is 1. The van der Waals surface area contributed by atoms with Crippen LogP contribution in [0.1, 0.15) is 42.9 Å². The van der Waals surface area contributed by atoms with Crippen LogP contribution in [0.4, 0.5) is 0 Å². The van der Waals surface area contributed by atoms with Gasteiger partial charge in [-0.2, -0.15) is 0 Å². The van der Waals surface area contributed by atoms with Gasteiger partial charge < -0.3 is 0 Å². The third-order valence-corrected chi connectivity index (χ3v) is 4.13. The fourth-order valence-electron chi connectivity index (χ4n) is 3.19. The highest BCUT2D eigenvalue weighted by Gasteiger charge is 2.28. The molecule has 0 spiro atoms. The molecule has 1 aliphatic heterocycles. The van der Waals surface area contributed by atoms with Gasteiger partial charge in [-0.05, 0) is 30.4 Å². The Bertz CT molecular complexity index is 417. The lowest BCUT2D eigenvalue weighted by Crippen LogP contribution is -2.38. The molecule has 1 heterocycles. The van der Waals surface area contributed by atoms with Crippen LogP contribution in [0.3, 0.4) is 0 Å². The van der Waals surface area contributed by atoms with E-state index in [0.29, 0.717) is 11.8 Å². The fourth-order valence-corrected chi connectivity index (χ4v) is 3.19. The molecule has 1 aromatic rings. The SMILES string of the molecule is O=C1CCN(C2CCCc3ccccc32)CC1. The molecule has 2 nitrogen and oxygen atoms in total.